The SMILES string of the molecule is CC(CCN)N1CCC(CC(N)=O)CC1. The molecule has 0 bridgehead atoms. The van der Waals surface area contributed by atoms with Crippen LogP contribution in [0.15, 0.2) is 0 Å². The van der Waals surface area contributed by atoms with E-state index in [1.165, 1.54) is 0 Å². The molecule has 1 rings (SSSR count). The summed E-state index contributed by atoms with van der Waals surface area (Å²) in [6, 6.07) is 0.574. The predicted octanol–water partition coefficient (Wildman–Crippen LogP) is 0.311. The van der Waals surface area contributed by atoms with Crippen molar-refractivity contribution in [3.8, 4) is 0 Å². The lowest BCUT2D eigenvalue weighted by atomic mass is 9.92. The van der Waals surface area contributed by atoms with Crippen LogP contribution in [0, 0.1) is 5.92 Å². The zero-order valence-corrected chi connectivity index (χ0v) is 9.61. The van der Waals surface area contributed by atoms with Gasteiger partial charge in [0.1, 0.15) is 0 Å². The molecule has 0 spiro atoms. The second kappa shape index (κ2) is 6.08. The maximum atomic E-state index is 10.8. The number of nitrogens with two attached hydrogens (primary N) is 2. The molecule has 4 N–H and O–H groups in total. The molecular formula is C11H23N3O. The average Bonchev–Trinajstić information content (AvgIpc) is 2.18. The minimum atomic E-state index is -0.163. The molecule has 0 aromatic rings. The van der Waals surface area contributed by atoms with Crippen LogP contribution in [0.1, 0.15) is 32.6 Å². The van der Waals surface area contributed by atoms with Gasteiger partial charge in [-0.05, 0) is 51.7 Å². The van der Waals surface area contributed by atoms with E-state index in [0.29, 0.717) is 18.4 Å². The summed E-state index contributed by atoms with van der Waals surface area (Å²) < 4.78 is 0. The lowest BCUT2D eigenvalue weighted by Crippen LogP contribution is -2.41. The summed E-state index contributed by atoms with van der Waals surface area (Å²) in [5.41, 5.74) is 10.7. The lowest BCUT2D eigenvalue weighted by molar-refractivity contribution is -0.119. The monoisotopic (exact) mass is 213 g/mol. The van der Waals surface area contributed by atoms with Crippen LogP contribution in [0.3, 0.4) is 0 Å². The number of likely N-dealkylation sites (tertiary alicyclic amines) is 1. The highest BCUT2D eigenvalue weighted by Gasteiger charge is 2.23. The standard InChI is InChI=1S/C11H23N3O/c1-9(2-5-12)14-6-3-10(4-7-14)8-11(13)15/h9-10H,2-8,12H2,1H3,(H2,13,15). The number of piperidine rings is 1. The van der Waals surface area contributed by atoms with Crippen LogP contribution in [0.5, 0.6) is 0 Å². The molecule has 1 unspecified atom stereocenters. The predicted molar refractivity (Wildman–Crippen MR) is 61.2 cm³/mol. The van der Waals surface area contributed by atoms with E-state index in [1.807, 2.05) is 0 Å². The van der Waals surface area contributed by atoms with Crippen molar-refractivity contribution in [1.29, 1.82) is 0 Å². The van der Waals surface area contributed by atoms with Gasteiger partial charge in [-0.1, -0.05) is 0 Å². The Kier molecular flexibility index (Phi) is 5.05. The summed E-state index contributed by atoms with van der Waals surface area (Å²) in [7, 11) is 0. The summed E-state index contributed by atoms with van der Waals surface area (Å²) in [5, 5.41) is 0. The molecule has 15 heavy (non-hydrogen) atoms. The van der Waals surface area contributed by atoms with Crippen LogP contribution in [0.25, 0.3) is 0 Å². The van der Waals surface area contributed by atoms with Gasteiger partial charge in [-0.2, -0.15) is 0 Å². The minimum Gasteiger partial charge on any atom is -0.370 e. The average molecular weight is 213 g/mol. The van der Waals surface area contributed by atoms with Crippen molar-refractivity contribution in [2.75, 3.05) is 19.6 Å². The van der Waals surface area contributed by atoms with Gasteiger partial charge in [-0.3, -0.25) is 4.79 Å². The summed E-state index contributed by atoms with van der Waals surface area (Å²) >= 11 is 0. The van der Waals surface area contributed by atoms with Crippen molar-refractivity contribution in [3.63, 3.8) is 0 Å². The molecule has 4 nitrogen and oxygen atoms in total. The molecular weight excluding hydrogens is 190 g/mol. The second-order valence-electron chi connectivity index (χ2n) is 4.58. The van der Waals surface area contributed by atoms with Gasteiger partial charge in [-0.15, -0.1) is 0 Å². The molecule has 1 saturated heterocycles. The number of carbonyl (C=O) groups is 1. The molecule has 0 aromatic carbocycles. The topological polar surface area (TPSA) is 72.3 Å². The Labute approximate surface area is 92.0 Å². The highest BCUT2D eigenvalue weighted by Crippen LogP contribution is 2.22. The van der Waals surface area contributed by atoms with Crippen molar-refractivity contribution >= 4 is 5.91 Å². The van der Waals surface area contributed by atoms with Crippen molar-refractivity contribution in [3.05, 3.63) is 0 Å². The van der Waals surface area contributed by atoms with E-state index >= 15 is 0 Å². The molecule has 1 amide bonds. The van der Waals surface area contributed by atoms with Gasteiger partial charge in [0.05, 0.1) is 0 Å². The van der Waals surface area contributed by atoms with Crippen molar-refractivity contribution in [1.82, 2.24) is 4.90 Å². The van der Waals surface area contributed by atoms with E-state index in [4.69, 9.17) is 11.5 Å². The third kappa shape index (κ3) is 4.18. The maximum Gasteiger partial charge on any atom is 0.217 e. The van der Waals surface area contributed by atoms with Crippen LogP contribution in [0.2, 0.25) is 0 Å². The Bertz CT molecular complexity index is 200. The Morgan fingerprint density at radius 2 is 2.07 bits per heavy atom. The smallest absolute Gasteiger partial charge is 0.217 e. The van der Waals surface area contributed by atoms with Gasteiger partial charge in [-0.25, -0.2) is 0 Å². The molecule has 1 aliphatic rings. The number of hydrogen-bond donors (Lipinski definition) is 2. The number of carbonyl (C=O) groups excluding carboxylic acids is 1. The number of rotatable bonds is 5. The largest absolute Gasteiger partial charge is 0.370 e. The number of amides is 1. The zero-order valence-electron chi connectivity index (χ0n) is 9.61. The van der Waals surface area contributed by atoms with Gasteiger partial charge in [0.25, 0.3) is 0 Å². The maximum absolute atomic E-state index is 10.8. The Morgan fingerprint density at radius 1 is 1.47 bits per heavy atom. The highest BCUT2D eigenvalue weighted by atomic mass is 16.1. The highest BCUT2D eigenvalue weighted by molar-refractivity contribution is 5.73. The van der Waals surface area contributed by atoms with Crippen molar-refractivity contribution < 1.29 is 4.79 Å². The van der Waals surface area contributed by atoms with Gasteiger partial charge in [0.2, 0.25) is 5.91 Å². The van der Waals surface area contributed by atoms with Crippen molar-refractivity contribution in [2.24, 2.45) is 17.4 Å². The van der Waals surface area contributed by atoms with Crippen LogP contribution < -0.4 is 11.5 Å². The molecule has 1 fully saturated rings. The molecule has 88 valence electrons. The van der Waals surface area contributed by atoms with E-state index in [9.17, 15) is 4.79 Å². The molecule has 0 saturated carbocycles. The summed E-state index contributed by atoms with van der Waals surface area (Å²) in [6.45, 7) is 5.14. The van der Waals surface area contributed by atoms with E-state index in [2.05, 4.69) is 11.8 Å². The van der Waals surface area contributed by atoms with Crippen LogP contribution in [-0.4, -0.2) is 36.5 Å². The Balaban J connectivity index is 2.26. The van der Waals surface area contributed by atoms with Crippen LogP contribution in [-0.2, 0) is 4.79 Å². The molecule has 1 aliphatic heterocycles. The Morgan fingerprint density at radius 3 is 2.53 bits per heavy atom. The van der Waals surface area contributed by atoms with E-state index < -0.39 is 0 Å². The molecule has 1 heterocycles. The molecule has 1 atom stereocenters. The molecule has 0 aliphatic carbocycles. The number of nitrogens with zero attached hydrogens (tertiary/aromatic N) is 1. The van der Waals surface area contributed by atoms with E-state index in [-0.39, 0.29) is 5.91 Å². The third-order valence-electron chi connectivity index (χ3n) is 3.35. The summed E-state index contributed by atoms with van der Waals surface area (Å²) in [5.74, 6) is 0.340. The van der Waals surface area contributed by atoms with Gasteiger partial charge < -0.3 is 16.4 Å². The van der Waals surface area contributed by atoms with Crippen molar-refractivity contribution in [2.45, 2.75) is 38.6 Å². The van der Waals surface area contributed by atoms with E-state index in [0.717, 1.165) is 38.9 Å². The lowest BCUT2D eigenvalue weighted by Gasteiger charge is -2.35. The fourth-order valence-corrected chi connectivity index (χ4v) is 2.31. The fourth-order valence-electron chi connectivity index (χ4n) is 2.31. The number of primary amides is 1. The molecule has 0 radical (unpaired) electrons. The normalized spacial score (nSPS) is 21.5. The minimum absolute atomic E-state index is 0.163. The third-order valence-corrected chi connectivity index (χ3v) is 3.35. The Hall–Kier alpha value is -0.610. The van der Waals surface area contributed by atoms with Gasteiger partial charge in [0, 0.05) is 12.5 Å². The van der Waals surface area contributed by atoms with Gasteiger partial charge in [0.15, 0.2) is 0 Å². The second-order valence-corrected chi connectivity index (χ2v) is 4.58. The molecule has 4 heteroatoms. The number of hydrogen-bond acceptors (Lipinski definition) is 3. The first-order chi connectivity index (χ1) is 7.13. The van der Waals surface area contributed by atoms with Crippen LogP contribution in [0.4, 0.5) is 0 Å². The van der Waals surface area contributed by atoms with Gasteiger partial charge >= 0.3 is 0 Å². The van der Waals surface area contributed by atoms with Crippen LogP contribution >= 0.6 is 0 Å². The first-order valence-corrected chi connectivity index (χ1v) is 5.86. The first kappa shape index (κ1) is 12.5. The zero-order chi connectivity index (χ0) is 11.3. The summed E-state index contributed by atoms with van der Waals surface area (Å²) in [4.78, 5) is 13.2. The quantitative estimate of drug-likeness (QED) is 0.690. The first-order valence-electron chi connectivity index (χ1n) is 5.86. The van der Waals surface area contributed by atoms with E-state index in [1.54, 1.807) is 0 Å². The summed E-state index contributed by atoms with van der Waals surface area (Å²) in [6.07, 6.45) is 3.80. The fraction of sp³-hybridized carbons (Fsp3) is 0.909. The molecule has 0 aromatic heterocycles.